The summed E-state index contributed by atoms with van der Waals surface area (Å²) in [5.74, 6) is -0.235. The number of hydrogen-bond acceptors (Lipinski definition) is 2. The van der Waals surface area contributed by atoms with Crippen molar-refractivity contribution in [3.8, 4) is 0 Å². The molecule has 0 heterocycles. The molecule has 20 heavy (non-hydrogen) atoms. The van der Waals surface area contributed by atoms with Gasteiger partial charge in [-0.05, 0) is 17.5 Å². The van der Waals surface area contributed by atoms with Gasteiger partial charge >= 0.3 is 0 Å². The van der Waals surface area contributed by atoms with Crippen LogP contribution >= 0.6 is 0 Å². The number of carbonyl (C=O) groups excluding carboxylic acids is 2. The highest BCUT2D eigenvalue weighted by Gasteiger charge is 2.19. The van der Waals surface area contributed by atoms with E-state index in [1.165, 1.54) is 0 Å². The number of rotatable bonds is 7. The molecule has 0 aliphatic rings. The normalized spacial score (nSPS) is 12.1. The van der Waals surface area contributed by atoms with Crippen molar-refractivity contribution in [3.63, 3.8) is 0 Å². The smallest absolute Gasteiger partial charge is 0.202 e. The number of carbonyl (C=O) groups is 1. The maximum atomic E-state index is 11.0. The molecule has 2 rings (SSSR count). The van der Waals surface area contributed by atoms with E-state index in [0.29, 0.717) is 6.42 Å². The van der Waals surface area contributed by atoms with Crippen LogP contribution in [0.1, 0.15) is 29.9 Å². The summed E-state index contributed by atoms with van der Waals surface area (Å²) in [6, 6.07) is 20.1. The van der Waals surface area contributed by atoms with E-state index in [9.17, 15) is 9.59 Å². The Hall–Kier alpha value is -2.22. The Labute approximate surface area is 119 Å². The van der Waals surface area contributed by atoms with Gasteiger partial charge in [-0.2, -0.15) is 0 Å². The second kappa shape index (κ2) is 7.39. The van der Waals surface area contributed by atoms with Gasteiger partial charge in [0, 0.05) is 18.3 Å². The van der Waals surface area contributed by atoms with E-state index >= 15 is 0 Å². The molecule has 0 spiro atoms. The molecule has 0 bridgehead atoms. The third-order valence-electron chi connectivity index (χ3n) is 3.47. The molecule has 0 aliphatic carbocycles. The summed E-state index contributed by atoms with van der Waals surface area (Å²) in [6.45, 7) is 0. The Morgan fingerprint density at radius 1 is 0.900 bits per heavy atom. The molecular weight excluding hydrogens is 248 g/mol. The molecule has 0 aliphatic heterocycles. The van der Waals surface area contributed by atoms with Gasteiger partial charge in [0.1, 0.15) is 6.29 Å². The third-order valence-corrected chi connectivity index (χ3v) is 3.47. The van der Waals surface area contributed by atoms with Crippen molar-refractivity contribution in [2.24, 2.45) is 5.92 Å². The summed E-state index contributed by atoms with van der Waals surface area (Å²) in [5, 5.41) is 0. The average Bonchev–Trinajstić information content (AvgIpc) is 2.53. The Morgan fingerprint density at radius 3 is 1.80 bits per heavy atom. The number of benzene rings is 2. The highest BCUT2D eigenvalue weighted by Crippen LogP contribution is 2.31. The first-order valence-electron chi connectivity index (χ1n) is 6.76. The zero-order chi connectivity index (χ0) is 14.2. The maximum absolute atomic E-state index is 11.0. The summed E-state index contributed by atoms with van der Waals surface area (Å²) in [6.07, 6.45) is 3.63. The first-order valence-corrected chi connectivity index (χ1v) is 6.76. The van der Waals surface area contributed by atoms with Crippen molar-refractivity contribution < 1.29 is 9.59 Å². The van der Waals surface area contributed by atoms with E-state index in [2.05, 4.69) is 24.3 Å². The summed E-state index contributed by atoms with van der Waals surface area (Å²) >= 11 is 0. The molecule has 2 aromatic rings. The lowest BCUT2D eigenvalue weighted by atomic mass is 9.83. The van der Waals surface area contributed by atoms with E-state index in [-0.39, 0.29) is 18.3 Å². The predicted octanol–water partition coefficient (Wildman–Crippen LogP) is 3.52. The Balaban J connectivity index is 2.30. The van der Waals surface area contributed by atoms with Crippen LogP contribution in [-0.4, -0.2) is 12.6 Å². The van der Waals surface area contributed by atoms with Gasteiger partial charge in [0.2, 0.25) is 6.29 Å². The van der Waals surface area contributed by atoms with Crippen molar-refractivity contribution in [3.05, 3.63) is 71.8 Å². The van der Waals surface area contributed by atoms with Crippen molar-refractivity contribution in [1.29, 1.82) is 0 Å². The lowest BCUT2D eigenvalue weighted by molar-refractivity contribution is -0.108. The molecule has 0 aromatic heterocycles. The predicted molar refractivity (Wildman–Crippen MR) is 79.2 cm³/mol. The monoisotopic (exact) mass is 265 g/mol. The van der Waals surface area contributed by atoms with Crippen LogP contribution in [-0.2, 0) is 9.59 Å². The van der Waals surface area contributed by atoms with Gasteiger partial charge in [-0.25, -0.2) is 0 Å². The van der Waals surface area contributed by atoms with Crippen molar-refractivity contribution >= 4 is 12.6 Å². The molecule has 1 radical (unpaired) electrons. The Bertz CT molecular complexity index is 494. The molecule has 1 atom stereocenters. The van der Waals surface area contributed by atoms with Crippen LogP contribution in [0.5, 0.6) is 0 Å². The van der Waals surface area contributed by atoms with Crippen LogP contribution in [0.2, 0.25) is 0 Å². The van der Waals surface area contributed by atoms with Gasteiger partial charge in [-0.3, -0.25) is 4.79 Å². The summed E-state index contributed by atoms with van der Waals surface area (Å²) in [7, 11) is 0. The van der Waals surface area contributed by atoms with E-state index < -0.39 is 0 Å². The van der Waals surface area contributed by atoms with E-state index in [4.69, 9.17) is 0 Å². The van der Waals surface area contributed by atoms with E-state index in [1.807, 2.05) is 42.7 Å². The quantitative estimate of drug-likeness (QED) is 0.718. The second-order valence-electron chi connectivity index (χ2n) is 4.83. The third kappa shape index (κ3) is 3.64. The van der Waals surface area contributed by atoms with E-state index in [0.717, 1.165) is 17.4 Å². The van der Waals surface area contributed by atoms with Crippen LogP contribution in [0.15, 0.2) is 60.7 Å². The molecule has 2 aromatic carbocycles. The molecule has 2 heteroatoms. The fraction of sp³-hybridized carbons (Fsp3) is 0.222. The number of aldehydes is 1. The zero-order valence-electron chi connectivity index (χ0n) is 11.2. The Morgan fingerprint density at radius 2 is 1.40 bits per heavy atom. The van der Waals surface area contributed by atoms with Gasteiger partial charge in [0.05, 0.1) is 0 Å². The van der Waals surface area contributed by atoms with Gasteiger partial charge < -0.3 is 4.79 Å². The van der Waals surface area contributed by atoms with Gasteiger partial charge in [-0.15, -0.1) is 0 Å². The SMILES string of the molecule is O=[C]C(CC=O)CC(c1ccccc1)c1ccccc1. The largest absolute Gasteiger partial charge is 0.303 e. The minimum atomic E-state index is -0.349. The van der Waals surface area contributed by atoms with Crippen molar-refractivity contribution in [2.45, 2.75) is 18.8 Å². The van der Waals surface area contributed by atoms with Crippen LogP contribution in [0, 0.1) is 5.92 Å². The van der Waals surface area contributed by atoms with Gasteiger partial charge in [0.25, 0.3) is 0 Å². The lowest BCUT2D eigenvalue weighted by Crippen LogP contribution is -2.11. The topological polar surface area (TPSA) is 34.1 Å². The Kier molecular flexibility index (Phi) is 5.24. The van der Waals surface area contributed by atoms with Gasteiger partial charge in [0.15, 0.2) is 0 Å². The minimum absolute atomic E-state index is 0.115. The van der Waals surface area contributed by atoms with Gasteiger partial charge in [-0.1, -0.05) is 60.7 Å². The molecule has 0 saturated heterocycles. The molecule has 2 nitrogen and oxygen atoms in total. The molecule has 1 unspecified atom stereocenters. The van der Waals surface area contributed by atoms with Crippen molar-refractivity contribution in [2.75, 3.05) is 0 Å². The summed E-state index contributed by atoms with van der Waals surface area (Å²) in [5.41, 5.74) is 2.31. The fourth-order valence-electron chi connectivity index (χ4n) is 2.43. The highest BCUT2D eigenvalue weighted by atomic mass is 16.1. The average molecular weight is 265 g/mol. The molecule has 0 saturated carbocycles. The zero-order valence-corrected chi connectivity index (χ0v) is 11.2. The highest BCUT2D eigenvalue weighted by molar-refractivity contribution is 5.62. The van der Waals surface area contributed by atoms with Crippen LogP contribution in [0.4, 0.5) is 0 Å². The van der Waals surface area contributed by atoms with Crippen LogP contribution in [0.3, 0.4) is 0 Å². The second-order valence-corrected chi connectivity index (χ2v) is 4.83. The minimum Gasteiger partial charge on any atom is -0.303 e. The first kappa shape index (κ1) is 14.2. The maximum Gasteiger partial charge on any atom is 0.202 e. The summed E-state index contributed by atoms with van der Waals surface area (Å²) < 4.78 is 0. The van der Waals surface area contributed by atoms with Crippen molar-refractivity contribution in [1.82, 2.24) is 0 Å². The number of hydrogen-bond donors (Lipinski definition) is 0. The molecule has 101 valence electrons. The molecule has 0 amide bonds. The lowest BCUT2D eigenvalue weighted by Gasteiger charge is -2.20. The fourth-order valence-corrected chi connectivity index (χ4v) is 2.43. The standard InChI is InChI=1S/C18H17O2/c19-12-11-15(14-20)13-18(16-7-3-1-4-8-16)17-9-5-2-6-10-17/h1-10,12,15,18H,11,13H2. The van der Waals surface area contributed by atoms with E-state index in [1.54, 1.807) is 0 Å². The first-order chi connectivity index (χ1) is 9.85. The molecule has 0 fully saturated rings. The molecular formula is C18H17O2. The van der Waals surface area contributed by atoms with Crippen LogP contribution in [0.25, 0.3) is 0 Å². The molecule has 0 N–H and O–H groups in total. The summed E-state index contributed by atoms with van der Waals surface area (Å²) in [4.78, 5) is 21.7. The van der Waals surface area contributed by atoms with Crippen LogP contribution < -0.4 is 0 Å².